The zero-order valence-corrected chi connectivity index (χ0v) is 17.5. The molecule has 8 heteroatoms. The van der Waals surface area contributed by atoms with Gasteiger partial charge in [-0.1, -0.05) is 0 Å². The molecule has 0 aliphatic carbocycles. The van der Waals surface area contributed by atoms with Crippen LogP contribution < -0.4 is 10.6 Å². The van der Waals surface area contributed by atoms with Crippen LogP contribution in [0.25, 0.3) is 0 Å². The van der Waals surface area contributed by atoms with Gasteiger partial charge in [0.2, 0.25) is 0 Å². The number of nitrogens with zero attached hydrogens (tertiary/aromatic N) is 5. The van der Waals surface area contributed by atoms with E-state index in [1.54, 1.807) is 13.4 Å². The van der Waals surface area contributed by atoms with Crippen molar-refractivity contribution in [3.63, 3.8) is 0 Å². The Hall–Kier alpha value is -0.900. The zero-order chi connectivity index (χ0) is 16.5. The van der Waals surface area contributed by atoms with Gasteiger partial charge in [-0.3, -0.25) is 9.89 Å². The zero-order valence-electron chi connectivity index (χ0n) is 15.2. The maximum Gasteiger partial charge on any atom is 0.191 e. The van der Waals surface area contributed by atoms with Gasteiger partial charge >= 0.3 is 0 Å². The summed E-state index contributed by atoms with van der Waals surface area (Å²) in [5.74, 6) is 1.70. The molecule has 0 saturated heterocycles. The van der Waals surface area contributed by atoms with Crippen molar-refractivity contribution in [3.05, 3.63) is 12.2 Å². The molecule has 0 aliphatic rings. The smallest absolute Gasteiger partial charge is 0.191 e. The second-order valence-electron chi connectivity index (χ2n) is 5.81. The molecule has 1 aromatic rings. The number of halogens is 1. The quantitative estimate of drug-likeness (QED) is 0.368. The van der Waals surface area contributed by atoms with Crippen molar-refractivity contribution in [2.24, 2.45) is 4.99 Å². The minimum absolute atomic E-state index is 0. The first-order valence-electron chi connectivity index (χ1n) is 8.06. The molecule has 0 spiro atoms. The molecule has 0 aliphatic heterocycles. The molecule has 0 aromatic carbocycles. The molecule has 134 valence electrons. The molecule has 23 heavy (non-hydrogen) atoms. The van der Waals surface area contributed by atoms with E-state index in [1.165, 1.54) is 0 Å². The van der Waals surface area contributed by atoms with E-state index in [0.717, 1.165) is 31.4 Å². The van der Waals surface area contributed by atoms with E-state index in [4.69, 9.17) is 0 Å². The predicted octanol–water partition coefficient (Wildman–Crippen LogP) is 1.70. The Labute approximate surface area is 157 Å². The second-order valence-corrected chi connectivity index (χ2v) is 5.81. The average Bonchev–Trinajstić information content (AvgIpc) is 2.93. The number of aliphatic imine (C=N–C) groups is 1. The highest BCUT2D eigenvalue weighted by Crippen LogP contribution is 2.03. The van der Waals surface area contributed by atoms with Crippen molar-refractivity contribution in [2.45, 2.75) is 59.8 Å². The molecule has 0 saturated carbocycles. The van der Waals surface area contributed by atoms with Gasteiger partial charge in [0.25, 0.3) is 0 Å². The number of hydrogen-bond donors (Lipinski definition) is 2. The average molecular weight is 437 g/mol. The first-order chi connectivity index (χ1) is 10.5. The maximum absolute atomic E-state index is 4.25. The van der Waals surface area contributed by atoms with Crippen LogP contribution in [0.3, 0.4) is 0 Å². The van der Waals surface area contributed by atoms with Crippen LogP contribution in [0.5, 0.6) is 0 Å². The summed E-state index contributed by atoms with van der Waals surface area (Å²) in [6.45, 7) is 14.3. The Bertz CT molecular complexity index is 448. The highest BCUT2D eigenvalue weighted by atomic mass is 127. The first-order valence-corrected chi connectivity index (χ1v) is 8.06. The summed E-state index contributed by atoms with van der Waals surface area (Å²) in [5.41, 5.74) is 0. The summed E-state index contributed by atoms with van der Waals surface area (Å²) in [7, 11) is 1.78. The van der Waals surface area contributed by atoms with Crippen molar-refractivity contribution in [1.29, 1.82) is 0 Å². The molecule has 2 N–H and O–H groups in total. The van der Waals surface area contributed by atoms with Gasteiger partial charge in [-0.15, -0.1) is 34.2 Å². The van der Waals surface area contributed by atoms with Crippen LogP contribution in [0.4, 0.5) is 0 Å². The molecule has 7 nitrogen and oxygen atoms in total. The van der Waals surface area contributed by atoms with E-state index in [9.17, 15) is 0 Å². The van der Waals surface area contributed by atoms with Crippen LogP contribution in [0, 0.1) is 0 Å². The van der Waals surface area contributed by atoms with Crippen LogP contribution >= 0.6 is 24.0 Å². The molecule has 1 rings (SSSR count). The molecular weight excluding hydrogens is 405 g/mol. The van der Waals surface area contributed by atoms with Gasteiger partial charge in [-0.2, -0.15) is 0 Å². The Morgan fingerprint density at radius 2 is 1.91 bits per heavy atom. The Morgan fingerprint density at radius 3 is 2.43 bits per heavy atom. The van der Waals surface area contributed by atoms with Gasteiger partial charge in [-0.05, 0) is 34.6 Å². The Kier molecular flexibility index (Phi) is 11.2. The van der Waals surface area contributed by atoms with Crippen molar-refractivity contribution < 1.29 is 0 Å². The number of hydrogen-bond acceptors (Lipinski definition) is 4. The van der Waals surface area contributed by atoms with E-state index < -0.39 is 0 Å². The van der Waals surface area contributed by atoms with Crippen LogP contribution in [-0.2, 0) is 13.1 Å². The van der Waals surface area contributed by atoms with E-state index >= 15 is 0 Å². The lowest BCUT2D eigenvalue weighted by atomic mass is 10.2. The molecule has 1 aromatic heterocycles. The SMILES string of the molecule is CCn1cnnc1CNC(=NC)NCCN(C(C)C)C(C)C.I. The lowest BCUT2D eigenvalue weighted by Gasteiger charge is -2.30. The number of aromatic nitrogens is 3. The van der Waals surface area contributed by atoms with Gasteiger partial charge in [0.05, 0.1) is 6.54 Å². The fraction of sp³-hybridized carbons (Fsp3) is 0.800. The normalized spacial score (nSPS) is 12.0. The largest absolute Gasteiger partial charge is 0.355 e. The number of guanidine groups is 1. The standard InChI is InChI=1S/C15H31N7.HI/c1-7-21-11-19-20-14(21)10-18-15(16-6)17-8-9-22(12(2)3)13(4)5;/h11-13H,7-10H2,1-6H3,(H2,16,17,18);1H. The maximum atomic E-state index is 4.25. The van der Waals surface area contributed by atoms with Gasteiger partial charge in [0, 0.05) is 38.8 Å². The van der Waals surface area contributed by atoms with Crippen LogP contribution in [0.1, 0.15) is 40.4 Å². The number of nitrogens with one attached hydrogen (secondary N) is 2. The van der Waals surface area contributed by atoms with Gasteiger partial charge in [0.15, 0.2) is 11.8 Å². The fourth-order valence-electron chi connectivity index (χ4n) is 2.48. The molecule has 0 bridgehead atoms. The molecule has 0 radical (unpaired) electrons. The molecule has 0 fully saturated rings. The first kappa shape index (κ1) is 22.1. The third-order valence-corrected chi connectivity index (χ3v) is 3.66. The third kappa shape index (κ3) is 7.47. The summed E-state index contributed by atoms with van der Waals surface area (Å²) in [5, 5.41) is 14.7. The van der Waals surface area contributed by atoms with Crippen molar-refractivity contribution in [2.75, 3.05) is 20.1 Å². The van der Waals surface area contributed by atoms with E-state index in [0.29, 0.717) is 18.6 Å². The fourth-order valence-corrected chi connectivity index (χ4v) is 2.48. The molecular formula is C15H32IN7. The van der Waals surface area contributed by atoms with Gasteiger partial charge < -0.3 is 15.2 Å². The number of rotatable bonds is 8. The minimum atomic E-state index is 0. The summed E-state index contributed by atoms with van der Waals surface area (Å²) < 4.78 is 2.01. The second kappa shape index (κ2) is 11.6. The summed E-state index contributed by atoms with van der Waals surface area (Å²) in [6, 6.07) is 1.08. The van der Waals surface area contributed by atoms with Crippen molar-refractivity contribution >= 4 is 29.9 Å². The topological polar surface area (TPSA) is 70.4 Å². The monoisotopic (exact) mass is 437 g/mol. The highest BCUT2D eigenvalue weighted by molar-refractivity contribution is 14.0. The van der Waals surface area contributed by atoms with E-state index in [2.05, 4.69) is 65.3 Å². The minimum Gasteiger partial charge on any atom is -0.355 e. The van der Waals surface area contributed by atoms with Crippen LogP contribution in [0.2, 0.25) is 0 Å². The van der Waals surface area contributed by atoms with Crippen LogP contribution in [-0.4, -0.2) is 57.8 Å². The predicted molar refractivity (Wildman–Crippen MR) is 106 cm³/mol. The van der Waals surface area contributed by atoms with Crippen LogP contribution in [0.15, 0.2) is 11.3 Å². The van der Waals surface area contributed by atoms with Gasteiger partial charge in [-0.25, -0.2) is 0 Å². The number of aryl methyl sites for hydroxylation is 1. The summed E-state index contributed by atoms with van der Waals surface area (Å²) in [4.78, 5) is 6.70. The summed E-state index contributed by atoms with van der Waals surface area (Å²) in [6.07, 6.45) is 1.75. The van der Waals surface area contributed by atoms with E-state index in [-0.39, 0.29) is 24.0 Å². The van der Waals surface area contributed by atoms with Crippen molar-refractivity contribution in [1.82, 2.24) is 30.3 Å². The van der Waals surface area contributed by atoms with Crippen molar-refractivity contribution in [3.8, 4) is 0 Å². The molecule has 0 amide bonds. The van der Waals surface area contributed by atoms with E-state index in [1.807, 2.05) is 4.57 Å². The lowest BCUT2D eigenvalue weighted by molar-refractivity contribution is 0.178. The molecule has 1 heterocycles. The Morgan fingerprint density at radius 1 is 1.26 bits per heavy atom. The highest BCUT2D eigenvalue weighted by Gasteiger charge is 2.12. The summed E-state index contributed by atoms with van der Waals surface area (Å²) >= 11 is 0. The third-order valence-electron chi connectivity index (χ3n) is 3.66. The molecule has 0 unspecified atom stereocenters. The molecule has 0 atom stereocenters. The Balaban J connectivity index is 0.00000484. The van der Waals surface area contributed by atoms with Gasteiger partial charge in [0.1, 0.15) is 6.33 Å². The lowest BCUT2D eigenvalue weighted by Crippen LogP contribution is -2.45.